The van der Waals surface area contributed by atoms with E-state index in [0.29, 0.717) is 22.6 Å². The van der Waals surface area contributed by atoms with Crippen molar-refractivity contribution in [2.45, 2.75) is 18.6 Å². The number of methoxy groups -OCH3 is 1. The van der Waals surface area contributed by atoms with Gasteiger partial charge in [0.2, 0.25) is 5.91 Å². The van der Waals surface area contributed by atoms with E-state index in [0.717, 1.165) is 22.6 Å². The Hall–Kier alpha value is -3.58. The van der Waals surface area contributed by atoms with Crippen molar-refractivity contribution < 1.29 is 9.53 Å². The third-order valence-corrected chi connectivity index (χ3v) is 5.93. The number of nitrogens with zero attached hydrogens (tertiary/aromatic N) is 2. The lowest BCUT2D eigenvalue weighted by Crippen LogP contribution is -2.26. The van der Waals surface area contributed by atoms with Crippen LogP contribution in [-0.4, -0.2) is 28.3 Å². The Labute approximate surface area is 190 Å². The molecule has 0 fully saturated rings. The number of hydrogen-bond donors (Lipinski definition) is 1. The minimum atomic E-state index is -0.154. The molecule has 0 aliphatic carbocycles. The predicted octanol–water partition coefficient (Wildman–Crippen LogP) is 4.11. The molecule has 162 valence electrons. The zero-order chi connectivity index (χ0) is 22.5. The van der Waals surface area contributed by atoms with Crippen LogP contribution >= 0.6 is 11.8 Å². The van der Waals surface area contributed by atoms with Gasteiger partial charge < -0.3 is 10.1 Å². The quantitative estimate of drug-likeness (QED) is 0.342. The second kappa shape index (κ2) is 9.70. The molecule has 7 heteroatoms. The lowest BCUT2D eigenvalue weighted by molar-refractivity contribution is -0.118. The Morgan fingerprint density at radius 2 is 1.84 bits per heavy atom. The number of carbonyl (C=O) groups is 1. The molecule has 1 heterocycles. The number of fused-ring (bicyclic) bond motifs is 1. The Kier molecular flexibility index (Phi) is 6.56. The molecule has 1 amide bonds. The molecule has 0 aliphatic heterocycles. The van der Waals surface area contributed by atoms with E-state index in [-0.39, 0.29) is 17.2 Å². The Morgan fingerprint density at radius 1 is 1.06 bits per heavy atom. The van der Waals surface area contributed by atoms with Gasteiger partial charge in [0.1, 0.15) is 5.75 Å². The van der Waals surface area contributed by atoms with Gasteiger partial charge in [0.15, 0.2) is 5.16 Å². The number of hydrogen-bond acceptors (Lipinski definition) is 5. The van der Waals surface area contributed by atoms with E-state index in [1.807, 2.05) is 73.7 Å². The fraction of sp³-hybridized carbons (Fsp3) is 0.160. The Balaban J connectivity index is 1.56. The van der Waals surface area contributed by atoms with E-state index in [1.54, 1.807) is 17.7 Å². The first-order valence-corrected chi connectivity index (χ1v) is 11.1. The second-order valence-corrected chi connectivity index (χ2v) is 8.25. The maximum Gasteiger partial charge on any atom is 0.266 e. The largest absolute Gasteiger partial charge is 0.497 e. The van der Waals surface area contributed by atoms with Crippen molar-refractivity contribution >= 4 is 28.6 Å². The van der Waals surface area contributed by atoms with E-state index in [2.05, 4.69) is 10.3 Å². The third kappa shape index (κ3) is 4.84. The molecular formula is C25H23N3O3S. The molecular weight excluding hydrogens is 422 g/mol. The first-order chi connectivity index (χ1) is 15.5. The Bertz CT molecular complexity index is 1320. The van der Waals surface area contributed by atoms with Crippen LogP contribution < -0.4 is 15.6 Å². The molecule has 1 N–H and O–H groups in total. The number of rotatable bonds is 7. The van der Waals surface area contributed by atoms with Gasteiger partial charge in [0, 0.05) is 6.54 Å². The molecule has 4 rings (SSSR count). The number of amides is 1. The van der Waals surface area contributed by atoms with E-state index in [1.165, 1.54) is 11.8 Å². The van der Waals surface area contributed by atoms with E-state index in [9.17, 15) is 9.59 Å². The standard InChI is InChI=1S/C25H23N3O3S/c1-17-10-12-19(13-11-17)28-24(30)21-8-3-4-9-22(21)27-25(28)32-16-23(29)26-15-18-6-5-7-20(14-18)31-2/h3-14H,15-16H2,1-2H3,(H,26,29). The molecule has 1 aromatic heterocycles. The van der Waals surface area contributed by atoms with Gasteiger partial charge in [0.05, 0.1) is 29.5 Å². The van der Waals surface area contributed by atoms with Crippen LogP contribution in [0.15, 0.2) is 82.7 Å². The van der Waals surface area contributed by atoms with Crippen molar-refractivity contribution in [3.05, 3.63) is 94.3 Å². The van der Waals surface area contributed by atoms with Crippen LogP contribution in [0, 0.1) is 6.92 Å². The summed E-state index contributed by atoms with van der Waals surface area (Å²) < 4.78 is 6.79. The van der Waals surface area contributed by atoms with Crippen molar-refractivity contribution in [1.82, 2.24) is 14.9 Å². The highest BCUT2D eigenvalue weighted by atomic mass is 32.2. The molecule has 0 saturated heterocycles. The van der Waals surface area contributed by atoms with Crippen LogP contribution in [0.5, 0.6) is 5.75 Å². The molecule has 6 nitrogen and oxygen atoms in total. The van der Waals surface area contributed by atoms with Crippen LogP contribution in [0.3, 0.4) is 0 Å². The van der Waals surface area contributed by atoms with Gasteiger partial charge in [-0.05, 0) is 48.9 Å². The van der Waals surface area contributed by atoms with E-state index in [4.69, 9.17) is 4.74 Å². The number of nitrogens with one attached hydrogen (secondary N) is 1. The van der Waals surface area contributed by atoms with Gasteiger partial charge in [-0.1, -0.05) is 53.7 Å². The number of thioether (sulfide) groups is 1. The fourth-order valence-electron chi connectivity index (χ4n) is 3.29. The zero-order valence-corrected chi connectivity index (χ0v) is 18.7. The number of benzene rings is 3. The second-order valence-electron chi connectivity index (χ2n) is 7.30. The fourth-order valence-corrected chi connectivity index (χ4v) is 4.14. The maximum atomic E-state index is 13.2. The molecule has 0 atom stereocenters. The highest BCUT2D eigenvalue weighted by Gasteiger charge is 2.14. The van der Waals surface area contributed by atoms with Gasteiger partial charge in [-0.25, -0.2) is 4.98 Å². The van der Waals surface area contributed by atoms with Crippen molar-refractivity contribution in [2.24, 2.45) is 0 Å². The number of aromatic nitrogens is 2. The molecule has 0 saturated carbocycles. The molecule has 0 unspecified atom stereocenters. The van der Waals surface area contributed by atoms with Crippen LogP contribution in [0.25, 0.3) is 16.6 Å². The summed E-state index contributed by atoms with van der Waals surface area (Å²) in [4.78, 5) is 30.4. The summed E-state index contributed by atoms with van der Waals surface area (Å²) in [5.74, 6) is 0.741. The summed E-state index contributed by atoms with van der Waals surface area (Å²) in [6.07, 6.45) is 0. The van der Waals surface area contributed by atoms with Gasteiger partial charge in [-0.3, -0.25) is 14.2 Å². The minimum absolute atomic E-state index is 0.139. The first-order valence-electron chi connectivity index (χ1n) is 10.2. The lowest BCUT2D eigenvalue weighted by atomic mass is 10.2. The van der Waals surface area contributed by atoms with Gasteiger partial charge in [-0.15, -0.1) is 0 Å². The van der Waals surface area contributed by atoms with Crippen LogP contribution in [0.2, 0.25) is 0 Å². The van der Waals surface area contributed by atoms with Crippen LogP contribution in [0.1, 0.15) is 11.1 Å². The molecule has 0 spiro atoms. The van der Waals surface area contributed by atoms with Gasteiger partial charge >= 0.3 is 0 Å². The lowest BCUT2D eigenvalue weighted by Gasteiger charge is -2.13. The van der Waals surface area contributed by atoms with Gasteiger partial charge in [-0.2, -0.15) is 0 Å². The Morgan fingerprint density at radius 3 is 2.62 bits per heavy atom. The third-order valence-electron chi connectivity index (χ3n) is 4.99. The number of carbonyl (C=O) groups excluding carboxylic acids is 1. The maximum absolute atomic E-state index is 13.2. The predicted molar refractivity (Wildman–Crippen MR) is 128 cm³/mol. The zero-order valence-electron chi connectivity index (χ0n) is 17.9. The topological polar surface area (TPSA) is 73.2 Å². The summed E-state index contributed by atoms with van der Waals surface area (Å²) in [5.41, 5.74) is 3.22. The number of para-hydroxylation sites is 1. The van der Waals surface area contributed by atoms with Crippen molar-refractivity contribution in [3.8, 4) is 11.4 Å². The smallest absolute Gasteiger partial charge is 0.266 e. The summed E-state index contributed by atoms with van der Waals surface area (Å²) in [6.45, 7) is 2.39. The van der Waals surface area contributed by atoms with Crippen LogP contribution in [-0.2, 0) is 11.3 Å². The molecule has 32 heavy (non-hydrogen) atoms. The minimum Gasteiger partial charge on any atom is -0.497 e. The van der Waals surface area contributed by atoms with Gasteiger partial charge in [0.25, 0.3) is 5.56 Å². The van der Waals surface area contributed by atoms with Crippen molar-refractivity contribution in [2.75, 3.05) is 12.9 Å². The van der Waals surface area contributed by atoms with E-state index < -0.39 is 0 Å². The highest BCUT2D eigenvalue weighted by Crippen LogP contribution is 2.21. The number of ether oxygens (including phenoxy) is 1. The molecule has 0 bridgehead atoms. The first kappa shape index (κ1) is 21.6. The average molecular weight is 446 g/mol. The average Bonchev–Trinajstić information content (AvgIpc) is 2.82. The monoisotopic (exact) mass is 445 g/mol. The SMILES string of the molecule is COc1cccc(CNC(=O)CSc2nc3ccccc3c(=O)n2-c2ccc(C)cc2)c1. The van der Waals surface area contributed by atoms with Crippen molar-refractivity contribution in [1.29, 1.82) is 0 Å². The molecule has 0 aliphatic rings. The summed E-state index contributed by atoms with van der Waals surface area (Å²) >= 11 is 1.24. The normalized spacial score (nSPS) is 10.8. The summed E-state index contributed by atoms with van der Waals surface area (Å²) in [7, 11) is 1.61. The molecule has 3 aromatic carbocycles. The summed E-state index contributed by atoms with van der Waals surface area (Å²) in [5, 5.41) is 3.93. The summed E-state index contributed by atoms with van der Waals surface area (Å²) in [6, 6.07) is 22.5. The van der Waals surface area contributed by atoms with Crippen molar-refractivity contribution in [3.63, 3.8) is 0 Å². The van der Waals surface area contributed by atoms with Crippen LogP contribution in [0.4, 0.5) is 0 Å². The number of aryl methyl sites for hydroxylation is 1. The molecule has 4 aromatic rings. The molecule has 0 radical (unpaired) electrons. The highest BCUT2D eigenvalue weighted by molar-refractivity contribution is 7.99. The van der Waals surface area contributed by atoms with E-state index >= 15 is 0 Å².